The van der Waals surface area contributed by atoms with E-state index in [1.165, 1.54) is 6.07 Å². The Morgan fingerprint density at radius 1 is 1.13 bits per heavy atom. The lowest BCUT2D eigenvalue weighted by Gasteiger charge is -2.05. The van der Waals surface area contributed by atoms with Gasteiger partial charge in [-0.1, -0.05) is 30.3 Å². The van der Waals surface area contributed by atoms with Gasteiger partial charge in [-0.05, 0) is 36.1 Å². The first-order chi connectivity index (χ1) is 11.2. The molecule has 0 saturated carbocycles. The lowest BCUT2D eigenvalue weighted by atomic mass is 10.2. The van der Waals surface area contributed by atoms with Crippen LogP contribution in [0, 0.1) is 0 Å². The van der Waals surface area contributed by atoms with Crippen molar-refractivity contribution in [3.63, 3.8) is 0 Å². The summed E-state index contributed by atoms with van der Waals surface area (Å²) in [5, 5.41) is 0.684. The average Bonchev–Trinajstić information content (AvgIpc) is 2.59. The Labute approximate surface area is 137 Å². The van der Waals surface area contributed by atoms with E-state index in [9.17, 15) is 9.59 Å². The monoisotopic (exact) mass is 326 g/mol. The second-order valence-corrected chi connectivity index (χ2v) is 5.79. The Balaban J connectivity index is 1.77. The molecule has 1 heterocycles. The van der Waals surface area contributed by atoms with Crippen molar-refractivity contribution in [2.24, 2.45) is 0 Å². The third-order valence-electron chi connectivity index (χ3n) is 3.39. The summed E-state index contributed by atoms with van der Waals surface area (Å²) in [5.74, 6) is -0.682. The molecule has 0 spiro atoms. The number of para-hydroxylation sites is 1. The topological polar surface area (TPSA) is 56.5 Å². The van der Waals surface area contributed by atoms with E-state index >= 15 is 0 Å². The molecule has 0 N–H and O–H groups in total. The van der Waals surface area contributed by atoms with Gasteiger partial charge >= 0.3 is 11.6 Å². The lowest BCUT2D eigenvalue weighted by molar-refractivity contribution is 0.0468. The van der Waals surface area contributed by atoms with Crippen LogP contribution in [0.4, 0.5) is 0 Å². The van der Waals surface area contributed by atoms with Crippen molar-refractivity contribution in [1.82, 2.24) is 0 Å². The number of esters is 1. The molecule has 0 aliphatic rings. The van der Waals surface area contributed by atoms with Gasteiger partial charge in [0, 0.05) is 10.3 Å². The van der Waals surface area contributed by atoms with Crippen LogP contribution in [-0.4, -0.2) is 12.2 Å². The van der Waals surface area contributed by atoms with Crippen LogP contribution in [0.5, 0.6) is 0 Å². The molecule has 4 nitrogen and oxygen atoms in total. The third-order valence-corrected chi connectivity index (χ3v) is 4.13. The Kier molecular flexibility index (Phi) is 4.48. The lowest BCUT2D eigenvalue weighted by Crippen LogP contribution is -2.16. The third kappa shape index (κ3) is 3.46. The van der Waals surface area contributed by atoms with Gasteiger partial charge in [0.05, 0.1) is 0 Å². The first kappa shape index (κ1) is 15.4. The number of carbonyl (C=O) groups excluding carboxylic acids is 1. The number of benzene rings is 2. The van der Waals surface area contributed by atoms with Crippen molar-refractivity contribution in [3.8, 4) is 0 Å². The molecule has 5 heteroatoms. The fraction of sp³-hybridized carbons (Fsp3) is 0.111. The van der Waals surface area contributed by atoms with Crippen molar-refractivity contribution in [2.45, 2.75) is 11.5 Å². The fourth-order valence-electron chi connectivity index (χ4n) is 2.15. The van der Waals surface area contributed by atoms with E-state index in [0.717, 1.165) is 10.5 Å². The summed E-state index contributed by atoms with van der Waals surface area (Å²) < 4.78 is 10.3. The summed E-state index contributed by atoms with van der Waals surface area (Å²) in [4.78, 5) is 25.2. The normalized spacial score (nSPS) is 10.7. The highest BCUT2D eigenvalue weighted by molar-refractivity contribution is 7.98. The van der Waals surface area contributed by atoms with Crippen LogP contribution in [-0.2, 0) is 11.3 Å². The molecule has 0 aliphatic carbocycles. The number of hydrogen-bond donors (Lipinski definition) is 0. The SMILES string of the molecule is CSc1ccc(COC(=O)c2cc3ccccc3oc2=O)cc1. The summed E-state index contributed by atoms with van der Waals surface area (Å²) in [6.45, 7) is 0.111. The molecule has 23 heavy (non-hydrogen) atoms. The Morgan fingerprint density at radius 2 is 1.87 bits per heavy atom. The van der Waals surface area contributed by atoms with Gasteiger partial charge in [-0.3, -0.25) is 0 Å². The van der Waals surface area contributed by atoms with E-state index in [1.54, 1.807) is 30.0 Å². The first-order valence-corrected chi connectivity index (χ1v) is 8.23. The highest BCUT2D eigenvalue weighted by Crippen LogP contribution is 2.16. The fourth-order valence-corrected chi connectivity index (χ4v) is 2.56. The molecule has 0 aliphatic heterocycles. The molecule has 0 fully saturated rings. The van der Waals surface area contributed by atoms with Gasteiger partial charge in [0.15, 0.2) is 0 Å². The van der Waals surface area contributed by atoms with Gasteiger partial charge in [0.2, 0.25) is 0 Å². The zero-order chi connectivity index (χ0) is 16.2. The van der Waals surface area contributed by atoms with Gasteiger partial charge in [-0.25, -0.2) is 9.59 Å². The van der Waals surface area contributed by atoms with E-state index < -0.39 is 11.6 Å². The summed E-state index contributed by atoms with van der Waals surface area (Å²) in [7, 11) is 0. The zero-order valence-electron chi connectivity index (χ0n) is 12.4. The van der Waals surface area contributed by atoms with Gasteiger partial charge in [0.1, 0.15) is 17.8 Å². The van der Waals surface area contributed by atoms with Crippen LogP contribution < -0.4 is 5.63 Å². The van der Waals surface area contributed by atoms with Crippen LogP contribution >= 0.6 is 11.8 Å². The molecule has 116 valence electrons. The molecule has 2 aromatic carbocycles. The minimum Gasteiger partial charge on any atom is -0.457 e. The van der Waals surface area contributed by atoms with Crippen molar-refractivity contribution >= 4 is 28.7 Å². The second-order valence-electron chi connectivity index (χ2n) is 4.91. The van der Waals surface area contributed by atoms with Crippen molar-refractivity contribution in [2.75, 3.05) is 6.26 Å². The maximum Gasteiger partial charge on any atom is 0.351 e. The van der Waals surface area contributed by atoms with E-state index in [0.29, 0.717) is 11.0 Å². The van der Waals surface area contributed by atoms with Gasteiger partial charge in [-0.2, -0.15) is 0 Å². The number of fused-ring (bicyclic) bond motifs is 1. The number of thioether (sulfide) groups is 1. The Hall–Kier alpha value is -2.53. The molecule has 0 bridgehead atoms. The molecular weight excluding hydrogens is 312 g/mol. The molecule has 3 rings (SSSR count). The molecule has 0 atom stereocenters. The van der Waals surface area contributed by atoms with Crippen LogP contribution in [0.2, 0.25) is 0 Å². The smallest absolute Gasteiger partial charge is 0.351 e. The van der Waals surface area contributed by atoms with Crippen molar-refractivity contribution < 1.29 is 13.9 Å². The first-order valence-electron chi connectivity index (χ1n) is 7.00. The molecule has 0 unspecified atom stereocenters. The van der Waals surface area contributed by atoms with E-state index in [2.05, 4.69) is 0 Å². The number of ether oxygens (including phenoxy) is 1. The summed E-state index contributed by atoms with van der Waals surface area (Å²) in [6.07, 6.45) is 1.99. The van der Waals surface area contributed by atoms with Crippen LogP contribution in [0.1, 0.15) is 15.9 Å². The highest BCUT2D eigenvalue weighted by atomic mass is 32.2. The summed E-state index contributed by atoms with van der Waals surface area (Å²) in [5.41, 5.74) is 0.527. The van der Waals surface area contributed by atoms with Crippen molar-refractivity contribution in [1.29, 1.82) is 0 Å². The largest absolute Gasteiger partial charge is 0.457 e. The van der Waals surface area contributed by atoms with Crippen LogP contribution in [0.15, 0.2) is 68.7 Å². The second kappa shape index (κ2) is 6.71. The minimum atomic E-state index is -0.688. The molecule has 0 radical (unpaired) electrons. The van der Waals surface area contributed by atoms with Crippen LogP contribution in [0.25, 0.3) is 11.0 Å². The molecular formula is C18H14O4S. The standard InChI is InChI=1S/C18H14O4S/c1-23-14-8-6-12(7-9-14)11-21-17(19)15-10-13-4-2-3-5-16(13)22-18(15)20/h2-10H,11H2,1H3. The Bertz CT molecular complexity index is 897. The van der Waals surface area contributed by atoms with Gasteiger partial charge in [0.25, 0.3) is 0 Å². The van der Waals surface area contributed by atoms with Gasteiger partial charge < -0.3 is 9.15 Å². The molecule has 1 aromatic heterocycles. The van der Waals surface area contributed by atoms with Crippen molar-refractivity contribution in [3.05, 3.63) is 76.1 Å². The number of rotatable bonds is 4. The maximum absolute atomic E-state index is 12.1. The quantitative estimate of drug-likeness (QED) is 0.414. The maximum atomic E-state index is 12.1. The number of hydrogen-bond acceptors (Lipinski definition) is 5. The number of carbonyl (C=O) groups is 1. The van der Waals surface area contributed by atoms with Crippen LogP contribution in [0.3, 0.4) is 0 Å². The van der Waals surface area contributed by atoms with E-state index in [1.807, 2.05) is 36.6 Å². The predicted molar refractivity (Wildman–Crippen MR) is 89.8 cm³/mol. The highest BCUT2D eigenvalue weighted by Gasteiger charge is 2.15. The molecule has 3 aromatic rings. The molecule has 0 amide bonds. The van der Waals surface area contributed by atoms with E-state index in [-0.39, 0.29) is 12.2 Å². The molecule has 0 saturated heterocycles. The Morgan fingerprint density at radius 3 is 2.61 bits per heavy atom. The minimum absolute atomic E-state index is 0.0931. The predicted octanol–water partition coefficient (Wildman–Crippen LogP) is 3.87. The zero-order valence-corrected chi connectivity index (χ0v) is 13.3. The summed E-state index contributed by atoms with van der Waals surface area (Å²) >= 11 is 1.64. The van der Waals surface area contributed by atoms with E-state index in [4.69, 9.17) is 9.15 Å². The summed E-state index contributed by atoms with van der Waals surface area (Å²) in [6, 6.07) is 16.2. The van der Waals surface area contributed by atoms with Gasteiger partial charge in [-0.15, -0.1) is 11.8 Å². The average molecular weight is 326 g/mol.